The van der Waals surface area contributed by atoms with Gasteiger partial charge in [0.05, 0.1) is 17.3 Å². The van der Waals surface area contributed by atoms with Gasteiger partial charge in [0.15, 0.2) is 22.2 Å². The average Bonchev–Trinajstić information content (AvgIpc) is 3.40. The third-order valence-corrected chi connectivity index (χ3v) is 6.33. The highest BCUT2D eigenvalue weighted by atomic mass is 32.1. The molecule has 4 aromatic rings. The van der Waals surface area contributed by atoms with E-state index in [9.17, 15) is 9.18 Å². The fourth-order valence-corrected chi connectivity index (χ4v) is 4.52. The van der Waals surface area contributed by atoms with Crippen molar-refractivity contribution in [1.29, 1.82) is 0 Å². The van der Waals surface area contributed by atoms with Crippen LogP contribution in [0.1, 0.15) is 24.4 Å². The molecule has 0 aliphatic carbocycles. The molecule has 2 heterocycles. The van der Waals surface area contributed by atoms with Crippen LogP contribution in [0.4, 0.5) is 9.52 Å². The zero-order valence-electron chi connectivity index (χ0n) is 17.7. The molecule has 2 aromatic heterocycles. The number of amides is 1. The summed E-state index contributed by atoms with van der Waals surface area (Å²) in [6.07, 6.45) is 0. The second kappa shape index (κ2) is 9.03. The van der Waals surface area contributed by atoms with Gasteiger partial charge in [-0.15, -0.1) is 0 Å². The molecule has 162 valence electrons. The van der Waals surface area contributed by atoms with Crippen LogP contribution in [0.2, 0.25) is 0 Å². The average molecular weight is 442 g/mol. The van der Waals surface area contributed by atoms with E-state index in [4.69, 9.17) is 9.15 Å². The maximum atomic E-state index is 13.7. The number of fused-ring (bicyclic) bond motifs is 2. The van der Waals surface area contributed by atoms with Gasteiger partial charge in [-0.25, -0.2) is 9.37 Å². The summed E-state index contributed by atoms with van der Waals surface area (Å²) in [5.74, 6) is 0.171. The quantitative estimate of drug-likeness (QED) is 0.377. The molecule has 6 nitrogen and oxygen atoms in total. The number of nitrogens with zero attached hydrogens (tertiary/aromatic N) is 3. The van der Waals surface area contributed by atoms with Crippen molar-refractivity contribution in [1.82, 2.24) is 9.88 Å². The second-order valence-corrected chi connectivity index (χ2v) is 8.09. The van der Waals surface area contributed by atoms with Gasteiger partial charge in [0.1, 0.15) is 5.82 Å². The summed E-state index contributed by atoms with van der Waals surface area (Å²) in [5, 5.41) is 1.31. The molecule has 0 saturated heterocycles. The second-order valence-electron chi connectivity index (χ2n) is 7.08. The summed E-state index contributed by atoms with van der Waals surface area (Å²) < 4.78 is 25.6. The fraction of sp³-hybridized carbons (Fsp3) is 0.304. The lowest BCUT2D eigenvalue weighted by molar-refractivity contribution is 0.0959. The molecule has 0 aliphatic rings. The molecular formula is C23H24FN3O3S. The first-order valence-corrected chi connectivity index (χ1v) is 11.0. The SMILES string of the molecule is CCN(CC)CCN(C(=O)c1cc2cccc(OC)c2o1)c1nc2ccc(F)cc2s1. The van der Waals surface area contributed by atoms with Crippen LogP contribution in [0.3, 0.4) is 0 Å². The first-order chi connectivity index (χ1) is 15.0. The molecule has 4 rings (SSSR count). The van der Waals surface area contributed by atoms with E-state index in [0.29, 0.717) is 39.8 Å². The third-order valence-electron chi connectivity index (χ3n) is 5.29. The number of hydrogen-bond acceptors (Lipinski definition) is 6. The van der Waals surface area contributed by atoms with E-state index < -0.39 is 0 Å². The number of hydrogen-bond donors (Lipinski definition) is 0. The molecule has 0 fully saturated rings. The number of para-hydroxylation sites is 1. The van der Waals surface area contributed by atoms with Gasteiger partial charge in [-0.3, -0.25) is 9.69 Å². The Morgan fingerprint density at radius 1 is 1.16 bits per heavy atom. The normalized spacial score (nSPS) is 11.5. The lowest BCUT2D eigenvalue weighted by atomic mass is 10.2. The Kier molecular flexibility index (Phi) is 6.20. The van der Waals surface area contributed by atoms with Crippen molar-refractivity contribution < 1.29 is 18.3 Å². The number of carbonyl (C=O) groups excluding carboxylic acids is 1. The van der Waals surface area contributed by atoms with Crippen molar-refractivity contribution in [2.24, 2.45) is 0 Å². The monoisotopic (exact) mass is 441 g/mol. The van der Waals surface area contributed by atoms with Crippen molar-refractivity contribution >= 4 is 43.6 Å². The van der Waals surface area contributed by atoms with Crippen LogP contribution in [0.25, 0.3) is 21.2 Å². The first-order valence-electron chi connectivity index (χ1n) is 10.2. The molecule has 0 atom stereocenters. The Morgan fingerprint density at radius 2 is 1.97 bits per heavy atom. The zero-order valence-corrected chi connectivity index (χ0v) is 18.5. The van der Waals surface area contributed by atoms with Gasteiger partial charge < -0.3 is 14.1 Å². The summed E-state index contributed by atoms with van der Waals surface area (Å²) in [5.41, 5.74) is 1.19. The van der Waals surface area contributed by atoms with Gasteiger partial charge in [0, 0.05) is 18.5 Å². The molecule has 0 bridgehead atoms. The Morgan fingerprint density at radius 3 is 2.71 bits per heavy atom. The summed E-state index contributed by atoms with van der Waals surface area (Å²) in [4.78, 5) is 22.0. The van der Waals surface area contributed by atoms with E-state index in [2.05, 4.69) is 23.7 Å². The predicted molar refractivity (Wildman–Crippen MR) is 122 cm³/mol. The van der Waals surface area contributed by atoms with Gasteiger partial charge in [0.2, 0.25) is 0 Å². The number of aromatic nitrogens is 1. The number of rotatable bonds is 8. The van der Waals surface area contributed by atoms with Crippen LogP contribution < -0.4 is 9.64 Å². The summed E-state index contributed by atoms with van der Waals surface area (Å²) in [6.45, 7) is 7.06. The van der Waals surface area contributed by atoms with Crippen molar-refractivity contribution in [3.8, 4) is 5.75 Å². The smallest absolute Gasteiger partial charge is 0.295 e. The summed E-state index contributed by atoms with van der Waals surface area (Å²) in [6, 6.07) is 11.7. The van der Waals surface area contributed by atoms with E-state index >= 15 is 0 Å². The molecule has 0 aliphatic heterocycles. The number of furan rings is 1. The highest BCUT2D eigenvalue weighted by molar-refractivity contribution is 7.22. The van der Waals surface area contributed by atoms with Gasteiger partial charge >= 0.3 is 0 Å². The minimum atomic E-state index is -0.326. The number of likely N-dealkylation sites (N-methyl/N-ethyl adjacent to an activating group) is 1. The largest absolute Gasteiger partial charge is 0.493 e. The molecule has 0 radical (unpaired) electrons. The number of thiazole rings is 1. The molecule has 8 heteroatoms. The fourth-order valence-electron chi connectivity index (χ4n) is 3.50. The van der Waals surface area contributed by atoms with Crippen LogP contribution in [-0.4, -0.2) is 49.1 Å². The molecular weight excluding hydrogens is 417 g/mol. The van der Waals surface area contributed by atoms with Crippen LogP contribution in [0.15, 0.2) is 46.9 Å². The third kappa shape index (κ3) is 4.26. The molecule has 0 saturated carbocycles. The molecule has 1 amide bonds. The number of benzene rings is 2. The van der Waals surface area contributed by atoms with E-state index in [1.807, 2.05) is 12.1 Å². The van der Waals surface area contributed by atoms with Crippen LogP contribution >= 0.6 is 11.3 Å². The van der Waals surface area contributed by atoms with Crippen LogP contribution in [-0.2, 0) is 0 Å². The predicted octanol–water partition coefficient (Wildman–Crippen LogP) is 5.18. The van der Waals surface area contributed by atoms with Crippen molar-refractivity contribution in [2.45, 2.75) is 13.8 Å². The maximum Gasteiger partial charge on any atom is 0.295 e. The summed E-state index contributed by atoms with van der Waals surface area (Å²) in [7, 11) is 1.56. The molecule has 2 aromatic carbocycles. The number of carbonyl (C=O) groups is 1. The van der Waals surface area contributed by atoms with Crippen molar-refractivity contribution in [3.05, 3.63) is 54.0 Å². The highest BCUT2D eigenvalue weighted by Crippen LogP contribution is 2.33. The van der Waals surface area contributed by atoms with Crippen molar-refractivity contribution in [3.63, 3.8) is 0 Å². The Labute approximate surface area is 183 Å². The Hall–Kier alpha value is -2.97. The van der Waals surface area contributed by atoms with E-state index in [1.165, 1.54) is 23.5 Å². The molecule has 31 heavy (non-hydrogen) atoms. The van der Waals surface area contributed by atoms with E-state index in [-0.39, 0.29) is 17.5 Å². The first kappa shape index (κ1) is 21.3. The number of halogens is 1. The van der Waals surface area contributed by atoms with Crippen LogP contribution in [0, 0.1) is 5.82 Å². The van der Waals surface area contributed by atoms with Gasteiger partial charge in [-0.1, -0.05) is 37.3 Å². The highest BCUT2D eigenvalue weighted by Gasteiger charge is 2.25. The van der Waals surface area contributed by atoms with E-state index in [0.717, 1.165) is 18.5 Å². The Balaban J connectivity index is 1.73. The van der Waals surface area contributed by atoms with Crippen LogP contribution in [0.5, 0.6) is 5.75 Å². The molecule has 0 N–H and O–H groups in total. The minimum absolute atomic E-state index is 0.212. The minimum Gasteiger partial charge on any atom is -0.493 e. The number of ether oxygens (including phenoxy) is 1. The number of methoxy groups -OCH3 is 1. The lowest BCUT2D eigenvalue weighted by Gasteiger charge is -2.24. The Bertz CT molecular complexity index is 1220. The topological polar surface area (TPSA) is 58.8 Å². The van der Waals surface area contributed by atoms with Crippen molar-refractivity contribution in [2.75, 3.05) is 38.2 Å². The maximum absolute atomic E-state index is 13.7. The standard InChI is InChI=1S/C23H24FN3O3S/c1-4-26(5-2)11-12-27(23-25-17-10-9-16(24)14-20(17)31-23)22(28)19-13-15-7-6-8-18(29-3)21(15)30-19/h6-10,13-14H,4-5,11-12H2,1-3H3. The van der Waals surface area contributed by atoms with E-state index in [1.54, 1.807) is 30.2 Å². The molecule has 0 unspecified atom stereocenters. The van der Waals surface area contributed by atoms with Gasteiger partial charge in [-0.05, 0) is 43.4 Å². The number of anilines is 1. The lowest BCUT2D eigenvalue weighted by Crippen LogP contribution is -2.38. The summed E-state index contributed by atoms with van der Waals surface area (Å²) >= 11 is 1.29. The zero-order chi connectivity index (χ0) is 22.0. The van der Waals surface area contributed by atoms with Gasteiger partial charge in [-0.2, -0.15) is 0 Å². The molecule has 0 spiro atoms. The van der Waals surface area contributed by atoms with Gasteiger partial charge in [0.25, 0.3) is 5.91 Å².